The van der Waals surface area contributed by atoms with Crippen LogP contribution in [0.5, 0.6) is 0 Å². The van der Waals surface area contributed by atoms with Crippen LogP contribution in [0.15, 0.2) is 12.5 Å². The molecule has 104 valence electrons. The van der Waals surface area contributed by atoms with Crippen LogP contribution in [-0.2, 0) is 16.4 Å². The van der Waals surface area contributed by atoms with E-state index in [-0.39, 0.29) is 11.8 Å². The number of hydrogen-bond acceptors (Lipinski definition) is 4. The smallest absolute Gasteiger partial charge is 0.147 e. The topological polar surface area (TPSA) is 78.0 Å². The van der Waals surface area contributed by atoms with Crippen molar-refractivity contribution in [2.45, 2.75) is 39.3 Å². The molecule has 1 rings (SSSR count). The summed E-state index contributed by atoms with van der Waals surface area (Å²) in [5.74, 6) is 0.726. The predicted octanol–water partition coefficient (Wildman–Crippen LogP) is 1.36. The highest BCUT2D eigenvalue weighted by Crippen LogP contribution is 2.18. The molecule has 0 aromatic carbocycles. The predicted molar refractivity (Wildman–Crippen MR) is 72.9 cm³/mol. The molecular weight excluding hydrogens is 250 g/mol. The van der Waals surface area contributed by atoms with Crippen molar-refractivity contribution in [2.24, 2.45) is 11.7 Å². The van der Waals surface area contributed by atoms with Crippen molar-refractivity contribution < 1.29 is 8.42 Å². The molecule has 5 nitrogen and oxygen atoms in total. The number of nitrogens with two attached hydrogens (primary N) is 1. The van der Waals surface area contributed by atoms with Gasteiger partial charge in [-0.25, -0.2) is 13.4 Å². The van der Waals surface area contributed by atoms with E-state index in [9.17, 15) is 8.42 Å². The van der Waals surface area contributed by atoms with Gasteiger partial charge >= 0.3 is 0 Å². The first-order valence-electron chi connectivity index (χ1n) is 6.23. The molecular formula is C12H23N3O2S. The lowest BCUT2D eigenvalue weighted by molar-refractivity contribution is 0.482. The molecule has 1 heterocycles. The van der Waals surface area contributed by atoms with E-state index in [4.69, 9.17) is 5.73 Å². The maximum Gasteiger partial charge on any atom is 0.147 e. The zero-order valence-corrected chi connectivity index (χ0v) is 12.2. The van der Waals surface area contributed by atoms with Crippen molar-refractivity contribution in [1.82, 2.24) is 9.55 Å². The van der Waals surface area contributed by atoms with Crippen molar-refractivity contribution in [3.63, 3.8) is 0 Å². The first-order chi connectivity index (χ1) is 8.29. The molecule has 2 N–H and O–H groups in total. The van der Waals surface area contributed by atoms with Crippen LogP contribution in [0.25, 0.3) is 0 Å². The maximum absolute atomic E-state index is 11.1. The molecule has 0 fully saturated rings. The van der Waals surface area contributed by atoms with Crippen LogP contribution in [0, 0.1) is 5.92 Å². The molecule has 1 aromatic heterocycles. The molecule has 0 aliphatic carbocycles. The molecule has 0 aliphatic heterocycles. The number of hydrogen-bond donors (Lipinski definition) is 1. The molecule has 1 aromatic rings. The lowest BCUT2D eigenvalue weighted by Gasteiger charge is -2.16. The van der Waals surface area contributed by atoms with Crippen LogP contribution in [0.1, 0.15) is 38.4 Å². The van der Waals surface area contributed by atoms with Gasteiger partial charge in [0.2, 0.25) is 0 Å². The molecule has 0 aliphatic rings. The molecule has 0 saturated heterocycles. The van der Waals surface area contributed by atoms with Gasteiger partial charge in [0, 0.05) is 25.0 Å². The summed E-state index contributed by atoms with van der Waals surface area (Å²) in [6, 6.07) is -0.0364. The number of aryl methyl sites for hydroxylation is 1. The highest BCUT2D eigenvalue weighted by atomic mass is 32.2. The molecule has 18 heavy (non-hydrogen) atoms. The third-order valence-corrected chi connectivity index (χ3v) is 3.79. The van der Waals surface area contributed by atoms with Gasteiger partial charge < -0.3 is 10.3 Å². The third-order valence-electron chi connectivity index (χ3n) is 2.76. The summed E-state index contributed by atoms with van der Waals surface area (Å²) >= 11 is 0. The van der Waals surface area contributed by atoms with Crippen molar-refractivity contribution in [3.05, 3.63) is 18.2 Å². The summed E-state index contributed by atoms with van der Waals surface area (Å²) < 4.78 is 24.1. The Morgan fingerprint density at radius 1 is 1.44 bits per heavy atom. The van der Waals surface area contributed by atoms with Gasteiger partial charge in [-0.3, -0.25) is 0 Å². The normalized spacial score (nSPS) is 14.1. The summed E-state index contributed by atoms with van der Waals surface area (Å²) in [4.78, 5) is 4.10. The van der Waals surface area contributed by atoms with Crippen molar-refractivity contribution in [2.75, 3.05) is 12.0 Å². The van der Waals surface area contributed by atoms with E-state index < -0.39 is 9.84 Å². The average molecular weight is 273 g/mol. The number of imidazole rings is 1. The molecule has 1 atom stereocenters. The minimum Gasteiger partial charge on any atom is -0.333 e. The quantitative estimate of drug-likeness (QED) is 0.813. The van der Waals surface area contributed by atoms with E-state index in [2.05, 4.69) is 18.8 Å². The molecule has 0 radical (unpaired) electrons. The Labute approximate surface area is 109 Å². The van der Waals surface area contributed by atoms with Gasteiger partial charge in [-0.1, -0.05) is 13.8 Å². The fourth-order valence-corrected chi connectivity index (χ4v) is 2.61. The van der Waals surface area contributed by atoms with Crippen LogP contribution >= 0.6 is 0 Å². The maximum atomic E-state index is 11.1. The summed E-state index contributed by atoms with van der Waals surface area (Å²) in [6.45, 7) is 4.91. The molecule has 0 amide bonds. The molecule has 0 spiro atoms. The summed E-state index contributed by atoms with van der Waals surface area (Å²) in [6.07, 6.45) is 6.24. The van der Waals surface area contributed by atoms with Gasteiger partial charge in [0.15, 0.2) is 0 Å². The zero-order chi connectivity index (χ0) is 13.8. The van der Waals surface area contributed by atoms with Crippen LogP contribution in [0.2, 0.25) is 0 Å². The summed E-state index contributed by atoms with van der Waals surface area (Å²) in [5, 5.41) is 0. The van der Waals surface area contributed by atoms with E-state index in [0.29, 0.717) is 18.9 Å². The first-order valence-corrected chi connectivity index (χ1v) is 8.29. The van der Waals surface area contributed by atoms with Crippen LogP contribution in [0.4, 0.5) is 0 Å². The monoisotopic (exact) mass is 273 g/mol. The van der Waals surface area contributed by atoms with E-state index in [1.165, 1.54) is 6.26 Å². The van der Waals surface area contributed by atoms with E-state index in [1.807, 2.05) is 4.57 Å². The van der Waals surface area contributed by atoms with Gasteiger partial charge in [-0.2, -0.15) is 0 Å². The fourth-order valence-electron chi connectivity index (χ4n) is 1.95. The van der Waals surface area contributed by atoms with Crippen molar-refractivity contribution in [3.8, 4) is 0 Å². The van der Waals surface area contributed by atoms with Crippen molar-refractivity contribution in [1.29, 1.82) is 0 Å². The van der Waals surface area contributed by atoms with Gasteiger partial charge in [0.05, 0.1) is 17.8 Å². The fraction of sp³-hybridized carbons (Fsp3) is 0.750. The van der Waals surface area contributed by atoms with Crippen molar-refractivity contribution >= 4 is 9.84 Å². The Kier molecular flexibility index (Phi) is 5.34. The van der Waals surface area contributed by atoms with Gasteiger partial charge in [0.25, 0.3) is 0 Å². The minimum atomic E-state index is -2.89. The number of nitrogens with zero attached hydrogens (tertiary/aromatic N) is 2. The lowest BCUT2D eigenvalue weighted by Crippen LogP contribution is -2.18. The van der Waals surface area contributed by atoms with Gasteiger partial charge in [-0.15, -0.1) is 0 Å². The second kappa shape index (κ2) is 6.33. The first kappa shape index (κ1) is 15.2. The largest absolute Gasteiger partial charge is 0.333 e. The number of sulfone groups is 1. The van der Waals surface area contributed by atoms with Crippen LogP contribution < -0.4 is 5.73 Å². The Bertz CT molecular complexity index is 465. The zero-order valence-electron chi connectivity index (χ0n) is 11.3. The van der Waals surface area contributed by atoms with E-state index in [0.717, 1.165) is 12.1 Å². The molecule has 0 bridgehead atoms. The Morgan fingerprint density at radius 2 is 2.11 bits per heavy atom. The minimum absolute atomic E-state index is 0.0364. The molecule has 6 heteroatoms. The Morgan fingerprint density at radius 3 is 2.67 bits per heavy atom. The second-order valence-electron chi connectivity index (χ2n) is 5.23. The highest BCUT2D eigenvalue weighted by Gasteiger charge is 2.13. The van der Waals surface area contributed by atoms with Crippen LogP contribution in [0.3, 0.4) is 0 Å². The Hall–Kier alpha value is -0.880. The lowest BCUT2D eigenvalue weighted by atomic mass is 10.0. The van der Waals surface area contributed by atoms with Crippen LogP contribution in [-0.4, -0.2) is 30.0 Å². The summed E-state index contributed by atoms with van der Waals surface area (Å²) in [5.41, 5.74) is 7.10. The van der Waals surface area contributed by atoms with E-state index in [1.54, 1.807) is 12.5 Å². The number of aromatic nitrogens is 2. The third kappa shape index (κ3) is 5.18. The van der Waals surface area contributed by atoms with Gasteiger partial charge in [-0.05, 0) is 18.8 Å². The summed E-state index contributed by atoms with van der Waals surface area (Å²) in [7, 11) is -2.89. The average Bonchev–Trinajstić information content (AvgIpc) is 2.62. The van der Waals surface area contributed by atoms with E-state index >= 15 is 0 Å². The van der Waals surface area contributed by atoms with Gasteiger partial charge in [0.1, 0.15) is 9.84 Å². The second-order valence-corrected chi connectivity index (χ2v) is 7.49. The standard InChI is InChI=1S/C12H23N3O2S/c1-10(2)7-11(13)12-8-14-9-15(12)5-4-6-18(3,16)17/h8-11H,4-7,13H2,1-3H3. The number of rotatable bonds is 7. The SMILES string of the molecule is CC(C)CC(N)c1cncn1CCCS(C)(=O)=O. The highest BCUT2D eigenvalue weighted by molar-refractivity contribution is 7.90. The Balaban J connectivity index is 2.60. The molecule has 0 saturated carbocycles. The molecule has 1 unspecified atom stereocenters.